The Bertz CT molecular complexity index is 950. The molecule has 0 fully saturated rings. The van der Waals surface area contributed by atoms with Crippen molar-refractivity contribution in [3.63, 3.8) is 0 Å². The summed E-state index contributed by atoms with van der Waals surface area (Å²) in [5.74, 6) is -0.290. The number of hydrazone groups is 1. The van der Waals surface area contributed by atoms with Gasteiger partial charge in [-0.3, -0.25) is 9.78 Å². The van der Waals surface area contributed by atoms with E-state index in [0.717, 1.165) is 22.0 Å². The van der Waals surface area contributed by atoms with Crippen LogP contribution >= 0.6 is 11.6 Å². The predicted octanol–water partition coefficient (Wildman–Crippen LogP) is 4.27. The SMILES string of the molecule is Cc1ccc2nc(C)c(C(=O)N/N=C\c3cccc(Cl)c3)cc2c1. The second-order valence-corrected chi connectivity index (χ2v) is 6.01. The maximum atomic E-state index is 12.4. The first-order valence-corrected chi connectivity index (χ1v) is 7.88. The summed E-state index contributed by atoms with van der Waals surface area (Å²) in [6, 6.07) is 15.0. The molecule has 0 saturated heterocycles. The summed E-state index contributed by atoms with van der Waals surface area (Å²) in [5.41, 5.74) is 6.52. The lowest BCUT2D eigenvalue weighted by Crippen LogP contribution is -2.19. The molecular weight excluding hydrogens is 322 g/mol. The molecule has 1 N–H and O–H groups in total. The Morgan fingerprint density at radius 3 is 2.79 bits per heavy atom. The zero-order valence-corrected chi connectivity index (χ0v) is 14.1. The van der Waals surface area contributed by atoms with Crippen LogP contribution in [0.25, 0.3) is 10.9 Å². The minimum atomic E-state index is -0.290. The number of nitrogens with zero attached hydrogens (tertiary/aromatic N) is 2. The Morgan fingerprint density at radius 1 is 1.17 bits per heavy atom. The number of carbonyl (C=O) groups is 1. The molecule has 0 aliphatic carbocycles. The highest BCUT2D eigenvalue weighted by Gasteiger charge is 2.11. The number of pyridine rings is 1. The van der Waals surface area contributed by atoms with E-state index in [9.17, 15) is 4.79 Å². The summed E-state index contributed by atoms with van der Waals surface area (Å²) < 4.78 is 0. The molecule has 3 aromatic rings. The molecule has 0 aliphatic rings. The molecule has 0 saturated carbocycles. The van der Waals surface area contributed by atoms with Gasteiger partial charge in [-0.1, -0.05) is 35.4 Å². The molecule has 3 rings (SSSR count). The Balaban J connectivity index is 1.82. The van der Waals surface area contributed by atoms with Crippen LogP contribution in [0, 0.1) is 13.8 Å². The fourth-order valence-corrected chi connectivity index (χ4v) is 2.63. The molecule has 0 aliphatic heterocycles. The lowest BCUT2D eigenvalue weighted by Gasteiger charge is -2.07. The molecular formula is C19H16ClN3O. The topological polar surface area (TPSA) is 54.4 Å². The van der Waals surface area contributed by atoms with Crippen LogP contribution in [0.5, 0.6) is 0 Å². The van der Waals surface area contributed by atoms with Crippen LogP contribution in [0.2, 0.25) is 5.02 Å². The van der Waals surface area contributed by atoms with Crippen LogP contribution in [-0.2, 0) is 0 Å². The van der Waals surface area contributed by atoms with E-state index in [1.54, 1.807) is 18.3 Å². The van der Waals surface area contributed by atoms with Crippen molar-refractivity contribution in [2.24, 2.45) is 5.10 Å². The van der Waals surface area contributed by atoms with Crippen molar-refractivity contribution in [2.45, 2.75) is 13.8 Å². The van der Waals surface area contributed by atoms with E-state index in [1.807, 2.05) is 50.2 Å². The van der Waals surface area contributed by atoms with Gasteiger partial charge in [0.05, 0.1) is 23.0 Å². The number of benzene rings is 2. The van der Waals surface area contributed by atoms with Gasteiger partial charge in [-0.15, -0.1) is 0 Å². The third-order valence-corrected chi connectivity index (χ3v) is 3.87. The minimum Gasteiger partial charge on any atom is -0.267 e. The fourth-order valence-electron chi connectivity index (χ4n) is 2.43. The average molecular weight is 338 g/mol. The lowest BCUT2D eigenvalue weighted by molar-refractivity contribution is 0.0954. The van der Waals surface area contributed by atoms with Crippen molar-refractivity contribution in [1.82, 2.24) is 10.4 Å². The smallest absolute Gasteiger partial charge is 0.267 e. The van der Waals surface area contributed by atoms with Crippen LogP contribution in [0.1, 0.15) is 27.2 Å². The summed E-state index contributed by atoms with van der Waals surface area (Å²) in [6.07, 6.45) is 1.55. The van der Waals surface area contributed by atoms with Crippen LogP contribution < -0.4 is 5.43 Å². The Hall–Kier alpha value is -2.72. The molecule has 0 bridgehead atoms. The summed E-state index contributed by atoms with van der Waals surface area (Å²) in [4.78, 5) is 16.8. The minimum absolute atomic E-state index is 0.290. The van der Waals surface area contributed by atoms with Gasteiger partial charge in [0, 0.05) is 10.4 Å². The van der Waals surface area contributed by atoms with E-state index >= 15 is 0 Å². The quantitative estimate of drug-likeness (QED) is 0.573. The molecule has 2 aromatic carbocycles. The molecule has 0 radical (unpaired) electrons. The monoisotopic (exact) mass is 337 g/mol. The number of hydrogen-bond donors (Lipinski definition) is 1. The summed E-state index contributed by atoms with van der Waals surface area (Å²) in [6.45, 7) is 3.82. The van der Waals surface area contributed by atoms with Gasteiger partial charge < -0.3 is 0 Å². The normalized spacial score (nSPS) is 11.1. The number of hydrogen-bond acceptors (Lipinski definition) is 3. The molecule has 1 amide bonds. The second-order valence-electron chi connectivity index (χ2n) is 5.57. The Labute approximate surface area is 145 Å². The van der Waals surface area contributed by atoms with Gasteiger partial charge in [0.25, 0.3) is 5.91 Å². The highest BCUT2D eigenvalue weighted by Crippen LogP contribution is 2.18. The van der Waals surface area contributed by atoms with Gasteiger partial charge in [0.15, 0.2) is 0 Å². The zero-order valence-electron chi connectivity index (χ0n) is 13.4. The van der Waals surface area contributed by atoms with E-state index in [-0.39, 0.29) is 5.91 Å². The third-order valence-electron chi connectivity index (χ3n) is 3.63. The first-order chi connectivity index (χ1) is 11.5. The van der Waals surface area contributed by atoms with Crippen molar-refractivity contribution in [2.75, 3.05) is 0 Å². The maximum Gasteiger partial charge on any atom is 0.273 e. The number of aromatic nitrogens is 1. The molecule has 0 atom stereocenters. The molecule has 0 spiro atoms. The van der Waals surface area contributed by atoms with Gasteiger partial charge in [-0.05, 0) is 49.7 Å². The fraction of sp³-hybridized carbons (Fsp3) is 0.105. The number of halogens is 1. The first kappa shape index (κ1) is 16.1. The number of aryl methyl sites for hydroxylation is 2. The molecule has 24 heavy (non-hydrogen) atoms. The number of nitrogens with one attached hydrogen (secondary N) is 1. The second kappa shape index (κ2) is 6.81. The third kappa shape index (κ3) is 3.60. The summed E-state index contributed by atoms with van der Waals surface area (Å²) in [5, 5.41) is 5.54. The largest absolute Gasteiger partial charge is 0.273 e. The van der Waals surface area contributed by atoms with Crippen molar-refractivity contribution in [3.8, 4) is 0 Å². The predicted molar refractivity (Wildman–Crippen MR) is 97.7 cm³/mol. The lowest BCUT2D eigenvalue weighted by atomic mass is 10.1. The van der Waals surface area contributed by atoms with E-state index in [0.29, 0.717) is 16.3 Å². The van der Waals surface area contributed by atoms with E-state index < -0.39 is 0 Å². The van der Waals surface area contributed by atoms with Gasteiger partial charge >= 0.3 is 0 Å². The molecule has 5 heteroatoms. The van der Waals surface area contributed by atoms with E-state index in [4.69, 9.17) is 11.6 Å². The van der Waals surface area contributed by atoms with Gasteiger partial charge in [-0.25, -0.2) is 5.43 Å². The van der Waals surface area contributed by atoms with Gasteiger partial charge in [0.1, 0.15) is 0 Å². The van der Waals surface area contributed by atoms with Crippen molar-refractivity contribution in [3.05, 3.63) is 75.9 Å². The van der Waals surface area contributed by atoms with Crippen molar-refractivity contribution in [1.29, 1.82) is 0 Å². The number of rotatable bonds is 3. The average Bonchev–Trinajstić information content (AvgIpc) is 2.54. The van der Waals surface area contributed by atoms with E-state index in [1.165, 1.54) is 0 Å². The number of amides is 1. The Kier molecular flexibility index (Phi) is 4.58. The van der Waals surface area contributed by atoms with E-state index in [2.05, 4.69) is 15.5 Å². The highest BCUT2D eigenvalue weighted by molar-refractivity contribution is 6.30. The van der Waals surface area contributed by atoms with Gasteiger partial charge in [-0.2, -0.15) is 5.10 Å². The molecule has 1 aromatic heterocycles. The van der Waals surface area contributed by atoms with Crippen LogP contribution in [0.3, 0.4) is 0 Å². The standard InChI is InChI=1S/C19H16ClN3O/c1-12-6-7-18-15(8-12)10-17(13(2)22-18)19(24)23-21-11-14-4-3-5-16(20)9-14/h3-11H,1-2H3,(H,23,24)/b21-11-. The van der Waals surface area contributed by atoms with Crippen LogP contribution in [0.4, 0.5) is 0 Å². The van der Waals surface area contributed by atoms with Gasteiger partial charge in [0.2, 0.25) is 0 Å². The highest BCUT2D eigenvalue weighted by atomic mass is 35.5. The Morgan fingerprint density at radius 2 is 2.00 bits per heavy atom. The maximum absolute atomic E-state index is 12.4. The molecule has 120 valence electrons. The molecule has 1 heterocycles. The first-order valence-electron chi connectivity index (χ1n) is 7.50. The van der Waals surface area contributed by atoms with Crippen LogP contribution in [0.15, 0.2) is 53.6 Å². The van der Waals surface area contributed by atoms with Crippen molar-refractivity contribution < 1.29 is 4.79 Å². The van der Waals surface area contributed by atoms with Crippen molar-refractivity contribution >= 4 is 34.6 Å². The summed E-state index contributed by atoms with van der Waals surface area (Å²) >= 11 is 5.91. The number of carbonyl (C=O) groups excluding carboxylic acids is 1. The molecule has 4 nitrogen and oxygen atoms in total. The number of fused-ring (bicyclic) bond motifs is 1. The zero-order chi connectivity index (χ0) is 17.1. The molecule has 0 unspecified atom stereocenters. The van der Waals surface area contributed by atoms with Crippen LogP contribution in [-0.4, -0.2) is 17.1 Å². The summed E-state index contributed by atoms with van der Waals surface area (Å²) in [7, 11) is 0.